The fourth-order valence-corrected chi connectivity index (χ4v) is 17.7. The fraction of sp³-hybridized carbons (Fsp3) is 0.375. The van der Waals surface area contributed by atoms with Crippen molar-refractivity contribution in [1.29, 1.82) is 0 Å². The van der Waals surface area contributed by atoms with Crippen LogP contribution in [0.25, 0.3) is 88.8 Å². The smallest absolute Gasteiger partial charge is 0.410 e. The molecule has 4 aliphatic heterocycles. The molecule has 4 fully saturated rings. The number of fused-ring (bicyclic) bond motifs is 2. The third-order valence-electron chi connectivity index (χ3n) is 24.5. The number of imidazole rings is 4. The number of aliphatic carboxylic acids is 1. The number of likely N-dealkylation sites (tertiary alicyclic amines) is 4. The summed E-state index contributed by atoms with van der Waals surface area (Å²) in [7, 11) is 2.59. The number of nitrogens with zero attached hydrogens (tertiary/aromatic N) is 8. The number of rotatable bonds is 25. The maximum Gasteiger partial charge on any atom is 0.410 e. The Balaban J connectivity index is 0.000000184. The molecule has 0 saturated carbocycles. The van der Waals surface area contributed by atoms with E-state index >= 15 is 0 Å². The monoisotopic (exact) mass is 1820 g/mol. The van der Waals surface area contributed by atoms with Crippen molar-refractivity contribution in [2.24, 2.45) is 11.8 Å². The summed E-state index contributed by atoms with van der Waals surface area (Å²) in [5.41, 5.74) is 12.6. The standard InChI is InChI=1S/C49H54N8O6.C42H49N7O5.C13H16O4/c1-29(2)42(54-48(60)62-5)46(58)56-23-9-13-40(56)45-51-28-39(53-45)37-22-21-35-25-34(19-20-36(35)26-37)31-15-17-32(18-16-31)38-27-50-44(52-38)41-14-10-24-57(41)47(59)43(33-11-7-6-8-12-33)55-49(61)63-30(3)4;1-25(2)36(47-40(51)53-6)39(50)48-19-7-9-34(48)37-44-24-33(46-37)31-18-17-29-21-28(15-16-30(29)22-31)26-11-13-27(14-12-26)32-23-43-38(45-32)35-10-8-20-49(35)41(52)54-42(3,4)5;1-9(2)17-12(14)8-11(13(15)16)10-6-4-3-5-7-10/h6-8,11-12,15-22,25-30,40-43H,9-10,13-14,23-24H2,1-5H3,(H,50,52)(H,51,53)(H,54,60)(H,55,61);11-18,21-25,34-36H,7-10,19-20H2,1-6H3,(H,43,45)(H,44,46)(H,47,51);3-7,9,11H,8H2,1-2H3,(H,15,16)/t40-,41-,42-,43+;34-,35-,36-;11-/m001/s1. The van der Waals surface area contributed by atoms with Gasteiger partial charge in [0, 0.05) is 37.3 Å². The van der Waals surface area contributed by atoms with Crippen LogP contribution in [0.1, 0.15) is 205 Å². The first kappa shape index (κ1) is 95.6. The number of nitrogens with one attached hydrogen (secondary N) is 7. The van der Waals surface area contributed by atoms with Crippen LogP contribution in [0, 0.1) is 11.8 Å². The van der Waals surface area contributed by atoms with Gasteiger partial charge in [0.1, 0.15) is 47.0 Å². The Morgan fingerprint density at radius 3 is 1.08 bits per heavy atom. The number of amides is 7. The lowest BCUT2D eigenvalue weighted by molar-refractivity contribution is -0.151. The molecule has 0 radical (unpaired) electrons. The van der Waals surface area contributed by atoms with Gasteiger partial charge < -0.3 is 79.4 Å². The third kappa shape index (κ3) is 23.2. The number of alkyl carbamates (subject to hydrolysis) is 3. The second-order valence-corrected chi connectivity index (χ2v) is 36.5. The van der Waals surface area contributed by atoms with Gasteiger partial charge in [-0.15, -0.1) is 0 Å². The van der Waals surface area contributed by atoms with Crippen molar-refractivity contribution < 1.29 is 71.9 Å². The van der Waals surface area contributed by atoms with Gasteiger partial charge in [0.25, 0.3) is 5.91 Å². The molecular formula is C104H119N15O15. The van der Waals surface area contributed by atoms with Crippen LogP contribution in [-0.2, 0) is 47.7 Å². The summed E-state index contributed by atoms with van der Waals surface area (Å²) >= 11 is 0. The number of aromatic amines is 4. The molecule has 4 saturated heterocycles. The Morgan fingerprint density at radius 1 is 0.396 bits per heavy atom. The zero-order valence-electron chi connectivity index (χ0n) is 78.0. The number of ether oxygens (including phenoxy) is 5. The second kappa shape index (κ2) is 42.8. The van der Waals surface area contributed by atoms with E-state index in [1.807, 2.05) is 113 Å². The largest absolute Gasteiger partial charge is 0.481 e. The number of esters is 1. The van der Waals surface area contributed by atoms with Crippen molar-refractivity contribution >= 4 is 75.6 Å². The lowest BCUT2D eigenvalue weighted by atomic mass is 9.96. The molecule has 0 bridgehead atoms. The van der Waals surface area contributed by atoms with E-state index in [1.54, 1.807) is 67.8 Å². The van der Waals surface area contributed by atoms with Crippen LogP contribution in [0.2, 0.25) is 0 Å². The normalized spacial score (nSPS) is 16.9. The number of aromatic nitrogens is 8. The maximum atomic E-state index is 14.1. The van der Waals surface area contributed by atoms with E-state index in [0.29, 0.717) is 43.1 Å². The Morgan fingerprint density at radius 2 is 0.724 bits per heavy atom. The van der Waals surface area contributed by atoms with Crippen molar-refractivity contribution in [1.82, 2.24) is 75.4 Å². The lowest BCUT2D eigenvalue weighted by Crippen LogP contribution is -2.51. The van der Waals surface area contributed by atoms with Gasteiger partial charge in [-0.25, -0.2) is 39.1 Å². The van der Waals surface area contributed by atoms with Gasteiger partial charge in [0.2, 0.25) is 11.8 Å². The molecular weight excluding hydrogens is 1700 g/mol. The molecule has 8 heterocycles. The number of carboxylic acid groups (broad SMARTS) is 1. The number of benzene rings is 8. The first-order valence-electron chi connectivity index (χ1n) is 45.9. The highest BCUT2D eigenvalue weighted by Gasteiger charge is 2.42. The van der Waals surface area contributed by atoms with Crippen molar-refractivity contribution in [2.75, 3.05) is 40.4 Å². The first-order valence-corrected chi connectivity index (χ1v) is 45.9. The van der Waals surface area contributed by atoms with Crippen molar-refractivity contribution in [3.05, 3.63) is 241 Å². The summed E-state index contributed by atoms with van der Waals surface area (Å²) in [4.78, 5) is 153. The average molecular weight is 1820 g/mol. The number of H-pyrrole nitrogens is 4. The highest BCUT2D eigenvalue weighted by molar-refractivity contribution is 5.94. The molecule has 8 atom stereocenters. The average Bonchev–Trinajstić information content (AvgIpc) is 1.56. The second-order valence-electron chi connectivity index (χ2n) is 36.5. The molecule has 700 valence electrons. The van der Waals surface area contributed by atoms with Crippen LogP contribution in [0.15, 0.2) is 207 Å². The Bertz CT molecular complexity index is 6140. The van der Waals surface area contributed by atoms with E-state index < -0.39 is 59.9 Å². The SMILES string of the molecule is CC(C)OC(=O)C[C@@H](C(=O)O)c1ccccc1.COC(=O)N[C@H](C(=O)N1CCC[C@H]1c1ncc(-c2ccc3cc(-c4ccc(-c5cnc([C@@H]6CCCN6C(=O)OC(C)(C)C)[nH]5)cc4)ccc3c2)[nH]1)C(C)C.COC(=O)N[C@H](C(=O)N1CCC[C@H]1c1ncc(-c2ccc3cc(-c4ccc(-c5cnc([C@@H]6CCCN6C(=O)[C@H](NC(=O)OC(C)C)c6ccccc6)[nH]5)cc4)ccc3c2)[nH]1)C(C)C. The van der Waals surface area contributed by atoms with Gasteiger partial charge in [-0.2, -0.15) is 0 Å². The Labute approximate surface area is 779 Å². The molecule has 0 unspecified atom stereocenters. The molecule has 30 nitrogen and oxygen atoms in total. The fourth-order valence-electron chi connectivity index (χ4n) is 17.7. The molecule has 8 aromatic carbocycles. The number of carbonyl (C=O) groups excluding carboxylic acids is 8. The number of hydrogen-bond donors (Lipinski definition) is 8. The van der Waals surface area contributed by atoms with Crippen LogP contribution in [0.3, 0.4) is 0 Å². The predicted molar refractivity (Wildman–Crippen MR) is 510 cm³/mol. The summed E-state index contributed by atoms with van der Waals surface area (Å²) in [6.07, 6.45) is 11.0. The van der Waals surface area contributed by atoms with E-state index in [9.17, 15) is 43.2 Å². The van der Waals surface area contributed by atoms with Crippen molar-refractivity contribution in [3.63, 3.8) is 0 Å². The maximum absolute atomic E-state index is 14.1. The summed E-state index contributed by atoms with van der Waals surface area (Å²) < 4.78 is 25.5. The van der Waals surface area contributed by atoms with Gasteiger partial charge in [-0.05, 0) is 202 Å². The number of methoxy groups -OCH3 is 2. The predicted octanol–water partition coefficient (Wildman–Crippen LogP) is 19.5. The zero-order valence-corrected chi connectivity index (χ0v) is 78.0. The summed E-state index contributed by atoms with van der Waals surface area (Å²) in [5.74, 6) is -0.0847. The third-order valence-corrected chi connectivity index (χ3v) is 24.5. The van der Waals surface area contributed by atoms with E-state index in [1.165, 1.54) is 14.2 Å². The molecule has 4 aliphatic rings. The summed E-state index contributed by atoms with van der Waals surface area (Å²) in [5, 5.41) is 21.7. The number of carboxylic acids is 1. The molecule has 12 aromatic rings. The molecule has 16 rings (SSSR count). The molecule has 0 aliphatic carbocycles. The van der Waals surface area contributed by atoms with E-state index in [-0.39, 0.29) is 78.4 Å². The van der Waals surface area contributed by atoms with E-state index in [2.05, 4.69) is 162 Å². The van der Waals surface area contributed by atoms with Gasteiger partial charge in [0.15, 0.2) is 0 Å². The molecule has 0 spiro atoms. The van der Waals surface area contributed by atoms with Crippen LogP contribution < -0.4 is 16.0 Å². The van der Waals surface area contributed by atoms with Crippen molar-refractivity contribution in [3.8, 4) is 67.3 Å². The zero-order chi connectivity index (χ0) is 95.2. The minimum Gasteiger partial charge on any atom is -0.481 e. The van der Waals surface area contributed by atoms with Gasteiger partial charge >= 0.3 is 36.3 Å². The Kier molecular flexibility index (Phi) is 30.6. The highest BCUT2D eigenvalue weighted by atomic mass is 16.6. The van der Waals surface area contributed by atoms with Crippen LogP contribution in [-0.4, -0.2) is 189 Å². The quantitative estimate of drug-likeness (QED) is 0.0195. The minimum absolute atomic E-state index is 0.0963. The molecule has 7 amide bonds. The minimum atomic E-state index is -1.02. The van der Waals surface area contributed by atoms with Crippen LogP contribution in [0.5, 0.6) is 0 Å². The molecule has 30 heteroatoms. The molecule has 4 aromatic heterocycles. The first-order chi connectivity index (χ1) is 64.3. The summed E-state index contributed by atoms with van der Waals surface area (Å²) in [6.45, 7) is 22.7. The van der Waals surface area contributed by atoms with Crippen LogP contribution in [0.4, 0.5) is 19.2 Å². The van der Waals surface area contributed by atoms with E-state index in [0.717, 1.165) is 158 Å². The molecule has 8 N–H and O–H groups in total. The van der Waals surface area contributed by atoms with Gasteiger partial charge in [-0.3, -0.25) is 28.9 Å². The van der Waals surface area contributed by atoms with Gasteiger partial charge in [0.05, 0.1) is 110 Å². The topological polar surface area (TPSA) is 384 Å². The van der Waals surface area contributed by atoms with Crippen molar-refractivity contribution in [2.45, 2.75) is 200 Å². The Hall–Kier alpha value is -14.5. The highest BCUT2D eigenvalue weighted by Crippen LogP contribution is 2.41. The van der Waals surface area contributed by atoms with Crippen LogP contribution >= 0.6 is 0 Å². The molecule has 134 heavy (non-hydrogen) atoms. The van der Waals surface area contributed by atoms with Gasteiger partial charge in [-0.1, -0.05) is 185 Å². The number of hydrogen-bond acceptors (Lipinski definition) is 18. The number of carbonyl (C=O) groups is 9. The summed E-state index contributed by atoms with van der Waals surface area (Å²) in [6, 6.07) is 57.2. The lowest BCUT2D eigenvalue weighted by Gasteiger charge is -2.30. The van der Waals surface area contributed by atoms with E-state index in [4.69, 9.17) is 43.7 Å².